The quantitative estimate of drug-likeness (QED) is 0.616. The van der Waals surface area contributed by atoms with Crippen LogP contribution in [0.3, 0.4) is 0 Å². The van der Waals surface area contributed by atoms with Crippen molar-refractivity contribution in [3.8, 4) is 11.1 Å². The van der Waals surface area contributed by atoms with Gasteiger partial charge in [-0.05, 0) is 42.2 Å². The van der Waals surface area contributed by atoms with Gasteiger partial charge in [-0.3, -0.25) is 9.51 Å². The van der Waals surface area contributed by atoms with E-state index in [4.69, 9.17) is 0 Å². The fourth-order valence-corrected chi connectivity index (χ4v) is 3.48. The van der Waals surface area contributed by atoms with Gasteiger partial charge in [0.2, 0.25) is 0 Å². The third-order valence-electron chi connectivity index (χ3n) is 3.84. The molecule has 0 unspecified atom stereocenters. The molecule has 0 saturated heterocycles. The second kappa shape index (κ2) is 8.67. The van der Waals surface area contributed by atoms with Gasteiger partial charge in [-0.25, -0.2) is 9.78 Å². The molecular formula is C19H21N3O2S. The monoisotopic (exact) mass is 355 g/mol. The van der Waals surface area contributed by atoms with E-state index >= 15 is 0 Å². The Hall–Kier alpha value is -2.34. The lowest BCUT2D eigenvalue weighted by Crippen LogP contribution is -1.98. The van der Waals surface area contributed by atoms with E-state index in [2.05, 4.69) is 56.9 Å². The number of thioether (sulfide) groups is 1. The first-order chi connectivity index (χ1) is 12.3. The van der Waals surface area contributed by atoms with Crippen LogP contribution in [0.5, 0.6) is 0 Å². The maximum atomic E-state index is 10.9. The molecule has 6 heteroatoms. The smallest absolute Gasteiger partial charge is 0.296 e. The molecule has 3 aromatic rings. The third-order valence-corrected chi connectivity index (χ3v) is 5.05. The van der Waals surface area contributed by atoms with Gasteiger partial charge in [0.1, 0.15) is 5.03 Å². The van der Waals surface area contributed by atoms with E-state index in [9.17, 15) is 4.79 Å². The number of hydrogen-bond donors (Lipinski definition) is 1. The predicted octanol–water partition coefficient (Wildman–Crippen LogP) is 4.10. The number of aromatic nitrogens is 3. The summed E-state index contributed by atoms with van der Waals surface area (Å²) in [6.45, 7) is 2.18. The van der Waals surface area contributed by atoms with Crippen LogP contribution in [0.2, 0.25) is 0 Å². The molecule has 0 aliphatic rings. The van der Waals surface area contributed by atoms with Crippen LogP contribution in [0, 0.1) is 0 Å². The van der Waals surface area contributed by atoms with E-state index in [1.54, 1.807) is 11.8 Å². The van der Waals surface area contributed by atoms with Crippen LogP contribution in [0.1, 0.15) is 31.2 Å². The molecule has 0 aliphatic carbocycles. The zero-order valence-corrected chi connectivity index (χ0v) is 15.0. The standard InChI is InChI=1S/C19H21N3O2S/c1-2-13-25-18-16(6-4-12-20-18)15-10-8-14(9-11-15)5-3-7-17-21-19(23)24-22-17/h4,6,8-12H,2-3,5,7,13H2,1H3,(H,21,22,23). The fourth-order valence-electron chi connectivity index (χ4n) is 2.60. The highest BCUT2D eigenvalue weighted by molar-refractivity contribution is 7.99. The highest BCUT2D eigenvalue weighted by atomic mass is 32.2. The Morgan fingerprint density at radius 1 is 1.16 bits per heavy atom. The number of aromatic amines is 1. The number of aryl methyl sites for hydroxylation is 2. The molecule has 1 aromatic carbocycles. The molecule has 2 heterocycles. The molecule has 0 atom stereocenters. The van der Waals surface area contributed by atoms with Gasteiger partial charge in [0.05, 0.1) is 0 Å². The second-order valence-corrected chi connectivity index (χ2v) is 6.88. The van der Waals surface area contributed by atoms with Crippen molar-refractivity contribution in [1.82, 2.24) is 15.1 Å². The van der Waals surface area contributed by atoms with Crippen molar-refractivity contribution >= 4 is 11.8 Å². The van der Waals surface area contributed by atoms with Crippen molar-refractivity contribution in [2.45, 2.75) is 37.6 Å². The summed E-state index contributed by atoms with van der Waals surface area (Å²) in [4.78, 5) is 18.0. The zero-order valence-electron chi connectivity index (χ0n) is 14.2. The van der Waals surface area contributed by atoms with Gasteiger partial charge in [-0.15, -0.1) is 11.8 Å². The first kappa shape index (κ1) is 17.5. The highest BCUT2D eigenvalue weighted by Gasteiger charge is 2.07. The molecule has 130 valence electrons. The molecule has 2 aromatic heterocycles. The van der Waals surface area contributed by atoms with E-state index < -0.39 is 5.76 Å². The number of benzene rings is 1. The summed E-state index contributed by atoms with van der Waals surface area (Å²) < 4.78 is 4.50. The lowest BCUT2D eigenvalue weighted by molar-refractivity contribution is 0.380. The average molecular weight is 355 g/mol. The van der Waals surface area contributed by atoms with E-state index in [-0.39, 0.29) is 0 Å². The van der Waals surface area contributed by atoms with Crippen LogP contribution in [0.4, 0.5) is 0 Å². The topological polar surface area (TPSA) is 71.8 Å². The van der Waals surface area contributed by atoms with Crippen LogP contribution in [0.15, 0.2) is 56.9 Å². The van der Waals surface area contributed by atoms with Crippen molar-refractivity contribution in [2.24, 2.45) is 0 Å². The van der Waals surface area contributed by atoms with E-state index in [0.29, 0.717) is 12.2 Å². The summed E-state index contributed by atoms with van der Waals surface area (Å²) in [5, 5.41) is 4.77. The van der Waals surface area contributed by atoms with Gasteiger partial charge in [0, 0.05) is 18.2 Å². The maximum Gasteiger partial charge on any atom is 0.438 e. The zero-order chi connectivity index (χ0) is 17.5. The SMILES string of the molecule is CCCSc1ncccc1-c1ccc(CCCc2noc(=O)[nH]2)cc1. The minimum atomic E-state index is -0.493. The first-order valence-corrected chi connectivity index (χ1v) is 9.47. The van der Waals surface area contributed by atoms with Crippen molar-refractivity contribution in [3.63, 3.8) is 0 Å². The molecule has 0 bridgehead atoms. The summed E-state index contributed by atoms with van der Waals surface area (Å²) in [5.74, 6) is 1.19. The van der Waals surface area contributed by atoms with Gasteiger partial charge in [0.25, 0.3) is 0 Å². The molecule has 5 nitrogen and oxygen atoms in total. The van der Waals surface area contributed by atoms with Crippen LogP contribution >= 0.6 is 11.8 Å². The molecule has 25 heavy (non-hydrogen) atoms. The van der Waals surface area contributed by atoms with Crippen LogP contribution < -0.4 is 5.76 Å². The Labute approximate surface area is 150 Å². The normalized spacial score (nSPS) is 10.9. The summed E-state index contributed by atoms with van der Waals surface area (Å²) in [6, 6.07) is 12.7. The average Bonchev–Trinajstić information content (AvgIpc) is 3.06. The van der Waals surface area contributed by atoms with Crippen molar-refractivity contribution < 1.29 is 4.52 Å². The Morgan fingerprint density at radius 3 is 2.72 bits per heavy atom. The molecule has 0 spiro atoms. The third kappa shape index (κ3) is 4.82. The first-order valence-electron chi connectivity index (χ1n) is 8.48. The lowest BCUT2D eigenvalue weighted by Gasteiger charge is -2.09. The number of nitrogens with one attached hydrogen (secondary N) is 1. The van der Waals surface area contributed by atoms with E-state index in [1.807, 2.05) is 12.3 Å². The highest BCUT2D eigenvalue weighted by Crippen LogP contribution is 2.30. The van der Waals surface area contributed by atoms with Gasteiger partial charge in [-0.2, -0.15) is 0 Å². The summed E-state index contributed by atoms with van der Waals surface area (Å²) in [5.41, 5.74) is 3.64. The van der Waals surface area contributed by atoms with Crippen LogP contribution in [0.25, 0.3) is 11.1 Å². The lowest BCUT2D eigenvalue weighted by atomic mass is 10.0. The molecule has 3 rings (SSSR count). The van der Waals surface area contributed by atoms with Gasteiger partial charge in [0.15, 0.2) is 5.82 Å². The number of rotatable bonds is 8. The molecule has 0 amide bonds. The number of pyridine rings is 1. The molecule has 0 fully saturated rings. The number of H-pyrrole nitrogens is 1. The van der Waals surface area contributed by atoms with E-state index in [0.717, 1.165) is 30.0 Å². The fraction of sp³-hybridized carbons (Fsp3) is 0.316. The van der Waals surface area contributed by atoms with Gasteiger partial charge < -0.3 is 0 Å². The number of hydrogen-bond acceptors (Lipinski definition) is 5. The Kier molecular flexibility index (Phi) is 6.06. The molecular weight excluding hydrogens is 334 g/mol. The van der Waals surface area contributed by atoms with Gasteiger partial charge in [-0.1, -0.05) is 42.4 Å². The van der Waals surface area contributed by atoms with Crippen molar-refractivity contribution in [3.05, 3.63) is 64.5 Å². The van der Waals surface area contributed by atoms with Gasteiger partial charge >= 0.3 is 5.76 Å². The molecule has 0 aliphatic heterocycles. The molecule has 1 N–H and O–H groups in total. The minimum absolute atomic E-state index is 0.493. The summed E-state index contributed by atoms with van der Waals surface area (Å²) in [6.07, 6.45) is 5.53. The number of nitrogens with zero attached hydrogens (tertiary/aromatic N) is 2. The summed E-state index contributed by atoms with van der Waals surface area (Å²) >= 11 is 1.80. The Balaban J connectivity index is 1.63. The predicted molar refractivity (Wildman–Crippen MR) is 99.8 cm³/mol. The Bertz CT molecular complexity index is 855. The summed E-state index contributed by atoms with van der Waals surface area (Å²) in [7, 11) is 0. The second-order valence-electron chi connectivity index (χ2n) is 5.80. The van der Waals surface area contributed by atoms with Crippen LogP contribution in [-0.4, -0.2) is 20.9 Å². The maximum absolute atomic E-state index is 10.9. The molecule has 0 saturated carbocycles. The van der Waals surface area contributed by atoms with Crippen LogP contribution in [-0.2, 0) is 12.8 Å². The van der Waals surface area contributed by atoms with Crippen molar-refractivity contribution in [1.29, 1.82) is 0 Å². The minimum Gasteiger partial charge on any atom is -0.296 e. The Morgan fingerprint density at radius 2 is 2.00 bits per heavy atom. The van der Waals surface area contributed by atoms with Crippen molar-refractivity contribution in [2.75, 3.05) is 5.75 Å². The van der Waals surface area contributed by atoms with E-state index in [1.165, 1.54) is 16.7 Å². The largest absolute Gasteiger partial charge is 0.438 e. The molecule has 0 radical (unpaired) electrons.